The van der Waals surface area contributed by atoms with Crippen molar-refractivity contribution in [2.45, 2.75) is 45.1 Å². The van der Waals surface area contributed by atoms with Crippen LogP contribution in [0.3, 0.4) is 0 Å². The fraction of sp³-hybridized carbons (Fsp3) is 0.391. The normalized spacial score (nSPS) is 17.3. The summed E-state index contributed by atoms with van der Waals surface area (Å²) in [4.78, 5) is 3.67. The first kappa shape index (κ1) is 17.2. The summed E-state index contributed by atoms with van der Waals surface area (Å²) in [7, 11) is 1.76. The van der Waals surface area contributed by atoms with Crippen LogP contribution in [0.4, 0.5) is 0 Å². The molecule has 3 heteroatoms. The Hall–Kier alpha value is -2.26. The van der Waals surface area contributed by atoms with Gasteiger partial charge in [-0.15, -0.1) is 0 Å². The van der Waals surface area contributed by atoms with Gasteiger partial charge in [-0.1, -0.05) is 45.0 Å². The van der Waals surface area contributed by atoms with E-state index in [0.717, 1.165) is 25.1 Å². The number of hydrogen-bond acceptors (Lipinski definition) is 2. The lowest BCUT2D eigenvalue weighted by molar-refractivity contribution is 0.400. The maximum Gasteiger partial charge on any atom is 0.124 e. The van der Waals surface area contributed by atoms with E-state index < -0.39 is 0 Å². The first-order valence-corrected chi connectivity index (χ1v) is 9.56. The summed E-state index contributed by atoms with van der Waals surface area (Å²) in [6.45, 7) is 7.84. The minimum absolute atomic E-state index is 0.133. The van der Waals surface area contributed by atoms with Crippen LogP contribution in [0.5, 0.6) is 5.75 Å². The summed E-state index contributed by atoms with van der Waals surface area (Å²) < 4.78 is 5.74. The van der Waals surface area contributed by atoms with E-state index in [-0.39, 0.29) is 11.5 Å². The Morgan fingerprint density at radius 1 is 1.15 bits per heavy atom. The van der Waals surface area contributed by atoms with E-state index in [9.17, 15) is 0 Å². The molecule has 1 atom stereocenters. The molecule has 3 nitrogen and oxygen atoms in total. The molecule has 0 amide bonds. The second kappa shape index (κ2) is 6.48. The molecule has 0 saturated carbocycles. The van der Waals surface area contributed by atoms with E-state index in [1.54, 1.807) is 7.11 Å². The molecule has 0 spiro atoms. The number of aromatic amines is 1. The maximum atomic E-state index is 5.74. The van der Waals surface area contributed by atoms with Crippen LogP contribution in [0, 0.1) is 0 Å². The van der Waals surface area contributed by atoms with E-state index in [0.29, 0.717) is 0 Å². The monoisotopic (exact) mass is 348 g/mol. The SMILES string of the molecule is CCC(C)(C)c1ccc(OC)c(C2NCCc3c2[nH]c2ccccc32)c1. The van der Waals surface area contributed by atoms with Crippen LogP contribution in [0.25, 0.3) is 10.9 Å². The van der Waals surface area contributed by atoms with Crippen molar-refractivity contribution in [2.75, 3.05) is 13.7 Å². The summed E-state index contributed by atoms with van der Waals surface area (Å²) in [5, 5.41) is 5.06. The lowest BCUT2D eigenvalue weighted by Crippen LogP contribution is -2.31. The third-order valence-electron chi connectivity index (χ3n) is 6.06. The number of ether oxygens (including phenoxy) is 1. The molecule has 0 bridgehead atoms. The molecular weight excluding hydrogens is 320 g/mol. The zero-order valence-corrected chi connectivity index (χ0v) is 16.1. The Labute approximate surface area is 155 Å². The van der Waals surface area contributed by atoms with Crippen molar-refractivity contribution in [3.8, 4) is 5.75 Å². The van der Waals surface area contributed by atoms with E-state index in [1.165, 1.54) is 33.3 Å². The van der Waals surface area contributed by atoms with E-state index in [1.807, 2.05) is 0 Å². The highest BCUT2D eigenvalue weighted by atomic mass is 16.5. The van der Waals surface area contributed by atoms with Gasteiger partial charge in [0.1, 0.15) is 5.75 Å². The smallest absolute Gasteiger partial charge is 0.124 e. The number of methoxy groups -OCH3 is 1. The van der Waals surface area contributed by atoms with Crippen molar-refractivity contribution in [3.05, 3.63) is 64.8 Å². The van der Waals surface area contributed by atoms with Crippen LogP contribution in [0.15, 0.2) is 42.5 Å². The average molecular weight is 348 g/mol. The Morgan fingerprint density at radius 2 is 1.96 bits per heavy atom. The molecule has 1 aliphatic heterocycles. The number of H-pyrrole nitrogens is 1. The Bertz CT molecular complexity index is 939. The van der Waals surface area contributed by atoms with Crippen molar-refractivity contribution >= 4 is 10.9 Å². The molecule has 4 rings (SSSR count). The van der Waals surface area contributed by atoms with Crippen LogP contribution in [0.2, 0.25) is 0 Å². The van der Waals surface area contributed by atoms with Crippen LogP contribution < -0.4 is 10.1 Å². The summed E-state index contributed by atoms with van der Waals surface area (Å²) in [6.07, 6.45) is 2.16. The molecule has 2 aromatic carbocycles. The Balaban J connectivity index is 1.87. The van der Waals surface area contributed by atoms with Gasteiger partial charge < -0.3 is 15.0 Å². The Morgan fingerprint density at radius 3 is 2.73 bits per heavy atom. The maximum absolute atomic E-state index is 5.74. The Kier molecular flexibility index (Phi) is 4.28. The fourth-order valence-corrected chi connectivity index (χ4v) is 4.03. The summed E-state index contributed by atoms with van der Waals surface area (Å²) in [5.41, 5.74) is 6.67. The summed E-state index contributed by atoms with van der Waals surface area (Å²) in [6, 6.07) is 15.4. The summed E-state index contributed by atoms with van der Waals surface area (Å²) in [5.74, 6) is 0.949. The molecule has 0 radical (unpaired) electrons. The summed E-state index contributed by atoms with van der Waals surface area (Å²) >= 11 is 0. The number of hydrogen-bond donors (Lipinski definition) is 2. The number of rotatable bonds is 4. The minimum atomic E-state index is 0.133. The van der Waals surface area contributed by atoms with Gasteiger partial charge in [0.15, 0.2) is 0 Å². The third-order valence-corrected chi connectivity index (χ3v) is 6.06. The van der Waals surface area contributed by atoms with Crippen LogP contribution >= 0.6 is 0 Å². The predicted molar refractivity (Wildman–Crippen MR) is 108 cm³/mol. The number of nitrogens with one attached hydrogen (secondary N) is 2. The molecule has 0 aliphatic carbocycles. The minimum Gasteiger partial charge on any atom is -0.496 e. The average Bonchev–Trinajstić information content (AvgIpc) is 3.06. The number of para-hydroxylation sites is 1. The second-order valence-corrected chi connectivity index (χ2v) is 7.89. The molecule has 136 valence electrons. The van der Waals surface area contributed by atoms with Crippen LogP contribution in [-0.2, 0) is 11.8 Å². The van der Waals surface area contributed by atoms with Crippen LogP contribution in [0.1, 0.15) is 55.6 Å². The topological polar surface area (TPSA) is 37.0 Å². The molecule has 2 N–H and O–H groups in total. The van der Waals surface area contributed by atoms with Gasteiger partial charge in [0, 0.05) is 28.7 Å². The van der Waals surface area contributed by atoms with Crippen LogP contribution in [-0.4, -0.2) is 18.6 Å². The number of fused-ring (bicyclic) bond motifs is 3. The highest BCUT2D eigenvalue weighted by Crippen LogP contribution is 2.39. The van der Waals surface area contributed by atoms with E-state index in [2.05, 4.69) is 73.5 Å². The predicted octanol–water partition coefficient (Wildman–Crippen LogP) is 5.10. The largest absolute Gasteiger partial charge is 0.496 e. The van der Waals surface area contributed by atoms with E-state index >= 15 is 0 Å². The lowest BCUT2D eigenvalue weighted by Gasteiger charge is -2.29. The lowest BCUT2D eigenvalue weighted by atomic mass is 9.80. The molecule has 1 aliphatic rings. The van der Waals surface area contributed by atoms with Gasteiger partial charge in [-0.2, -0.15) is 0 Å². The molecule has 1 unspecified atom stereocenters. The van der Waals surface area contributed by atoms with Crippen molar-refractivity contribution in [3.63, 3.8) is 0 Å². The van der Waals surface area contributed by atoms with Gasteiger partial charge in [0.05, 0.1) is 13.2 Å². The molecule has 0 fully saturated rings. The van der Waals surface area contributed by atoms with Crippen molar-refractivity contribution < 1.29 is 4.74 Å². The number of aromatic nitrogens is 1. The van der Waals surface area contributed by atoms with Gasteiger partial charge >= 0.3 is 0 Å². The first-order chi connectivity index (χ1) is 12.5. The fourth-order valence-electron chi connectivity index (χ4n) is 4.03. The molecule has 3 aromatic rings. The third kappa shape index (κ3) is 2.71. The van der Waals surface area contributed by atoms with E-state index in [4.69, 9.17) is 4.74 Å². The quantitative estimate of drug-likeness (QED) is 0.688. The second-order valence-electron chi connectivity index (χ2n) is 7.89. The van der Waals surface area contributed by atoms with Crippen molar-refractivity contribution in [2.24, 2.45) is 0 Å². The van der Waals surface area contributed by atoms with Gasteiger partial charge in [0.25, 0.3) is 0 Å². The first-order valence-electron chi connectivity index (χ1n) is 9.56. The highest BCUT2D eigenvalue weighted by Gasteiger charge is 2.29. The van der Waals surface area contributed by atoms with Crippen molar-refractivity contribution in [1.29, 1.82) is 0 Å². The molecule has 2 heterocycles. The molecule has 1 aromatic heterocycles. The zero-order chi connectivity index (χ0) is 18.3. The number of benzene rings is 2. The molecular formula is C23H28N2O. The van der Waals surface area contributed by atoms with Gasteiger partial charge in [-0.05, 0) is 47.6 Å². The molecule has 26 heavy (non-hydrogen) atoms. The van der Waals surface area contributed by atoms with Gasteiger partial charge in [0.2, 0.25) is 0 Å². The highest BCUT2D eigenvalue weighted by molar-refractivity contribution is 5.85. The standard InChI is InChI=1S/C23H28N2O/c1-5-23(2,3)15-10-11-20(26-4)18(14-15)21-22-17(12-13-24-21)16-8-6-7-9-19(16)25-22/h6-11,14,21,24-25H,5,12-13H2,1-4H3. The molecule has 0 saturated heterocycles. The van der Waals surface area contributed by atoms with Gasteiger partial charge in [-0.25, -0.2) is 0 Å². The zero-order valence-electron chi connectivity index (χ0n) is 16.1. The van der Waals surface area contributed by atoms with Crippen molar-refractivity contribution in [1.82, 2.24) is 10.3 Å². The van der Waals surface area contributed by atoms with Gasteiger partial charge in [-0.3, -0.25) is 0 Å².